The van der Waals surface area contributed by atoms with Crippen LogP contribution in [0.2, 0.25) is 0 Å². The van der Waals surface area contributed by atoms with E-state index in [4.69, 9.17) is 9.40 Å². The molecule has 5 nitrogen and oxygen atoms in total. The zero-order valence-electron chi connectivity index (χ0n) is 19.6. The number of rotatable bonds is 2. The van der Waals surface area contributed by atoms with Crippen molar-refractivity contribution in [3.8, 4) is 11.7 Å². The van der Waals surface area contributed by atoms with E-state index in [9.17, 15) is 4.79 Å². The van der Waals surface area contributed by atoms with Crippen molar-refractivity contribution in [2.45, 2.75) is 0 Å². The normalized spacial score (nSPS) is 11.9. The molecule has 0 bridgehead atoms. The molecule has 3 aromatic heterocycles. The van der Waals surface area contributed by atoms with Crippen molar-refractivity contribution >= 4 is 54.7 Å². The van der Waals surface area contributed by atoms with Gasteiger partial charge in [-0.1, -0.05) is 66.7 Å². The Balaban J connectivity index is 1.49. The minimum absolute atomic E-state index is 0.0190. The Hall–Kier alpha value is -5.16. The van der Waals surface area contributed by atoms with Gasteiger partial charge in [-0.3, -0.25) is 9.36 Å². The fraction of sp³-hybridized carbons (Fsp3) is 0. The number of hydrogen-bond donors (Lipinski definition) is 0. The molecule has 0 radical (unpaired) electrons. The van der Waals surface area contributed by atoms with Crippen molar-refractivity contribution in [2.24, 2.45) is 0 Å². The van der Waals surface area contributed by atoms with Gasteiger partial charge in [0.2, 0.25) is 0 Å². The predicted octanol–water partition coefficient (Wildman–Crippen LogP) is 7.38. The topological polar surface area (TPSA) is 53.0 Å². The molecule has 0 aliphatic carbocycles. The molecule has 0 aliphatic heterocycles. The van der Waals surface area contributed by atoms with Gasteiger partial charge in [0, 0.05) is 21.8 Å². The van der Waals surface area contributed by atoms with E-state index < -0.39 is 0 Å². The summed E-state index contributed by atoms with van der Waals surface area (Å²) in [4.78, 5) is 18.6. The second-order valence-electron chi connectivity index (χ2n) is 9.22. The molecule has 0 N–H and O–H groups in total. The number of pyridine rings is 1. The molecule has 3 heterocycles. The van der Waals surface area contributed by atoms with Crippen LogP contribution in [0.4, 0.5) is 0 Å². The first-order chi connectivity index (χ1) is 18.3. The van der Waals surface area contributed by atoms with E-state index in [1.807, 2.05) is 91.0 Å². The van der Waals surface area contributed by atoms with Gasteiger partial charge in [0.25, 0.3) is 0 Å². The number of benzene rings is 5. The largest absolute Gasteiger partial charge is 0.423 e. The van der Waals surface area contributed by atoms with E-state index in [0.29, 0.717) is 27.9 Å². The molecular formula is C32H19N3O2. The highest BCUT2D eigenvalue weighted by Crippen LogP contribution is 2.34. The van der Waals surface area contributed by atoms with Crippen molar-refractivity contribution in [3.05, 3.63) is 125 Å². The van der Waals surface area contributed by atoms with Gasteiger partial charge in [0.1, 0.15) is 5.52 Å². The van der Waals surface area contributed by atoms with Gasteiger partial charge in [-0.05, 0) is 48.5 Å². The number of para-hydroxylation sites is 4. The van der Waals surface area contributed by atoms with Crippen LogP contribution in [0.25, 0.3) is 66.4 Å². The van der Waals surface area contributed by atoms with Crippen LogP contribution in [0.1, 0.15) is 0 Å². The Bertz CT molecular complexity index is 2170. The standard InChI is InChI=1S/C32H19N3O2/c36-31-23-14-6-9-17-28(23)34(20-10-2-1-3-11-20)29-19-25-30(18-24(29)31)37-32(33-25)35-26-15-7-4-12-21(26)22-13-5-8-16-27(22)35/h1-19H. The maximum absolute atomic E-state index is 13.6. The fourth-order valence-electron chi connectivity index (χ4n) is 5.53. The molecule has 0 saturated carbocycles. The summed E-state index contributed by atoms with van der Waals surface area (Å²) in [6.45, 7) is 0. The molecule has 0 amide bonds. The lowest BCUT2D eigenvalue weighted by Crippen LogP contribution is -2.10. The zero-order valence-corrected chi connectivity index (χ0v) is 19.6. The van der Waals surface area contributed by atoms with Crippen LogP contribution in [-0.4, -0.2) is 14.1 Å². The van der Waals surface area contributed by atoms with Crippen molar-refractivity contribution in [1.29, 1.82) is 0 Å². The summed E-state index contributed by atoms with van der Waals surface area (Å²) in [5.41, 5.74) is 5.94. The van der Waals surface area contributed by atoms with E-state index in [1.54, 1.807) is 0 Å². The van der Waals surface area contributed by atoms with Gasteiger partial charge in [-0.15, -0.1) is 0 Å². The van der Waals surface area contributed by atoms with Gasteiger partial charge in [0.15, 0.2) is 11.0 Å². The monoisotopic (exact) mass is 477 g/mol. The smallest absolute Gasteiger partial charge is 0.307 e. The van der Waals surface area contributed by atoms with Crippen molar-refractivity contribution in [1.82, 2.24) is 14.1 Å². The maximum Gasteiger partial charge on any atom is 0.307 e. The summed E-state index contributed by atoms with van der Waals surface area (Å²) in [5.74, 6) is 0. The number of aromatic nitrogens is 3. The molecular weight excluding hydrogens is 458 g/mol. The maximum atomic E-state index is 13.6. The third-order valence-electron chi connectivity index (χ3n) is 7.16. The molecule has 0 saturated heterocycles. The van der Waals surface area contributed by atoms with Crippen LogP contribution < -0.4 is 5.43 Å². The average Bonchev–Trinajstić information content (AvgIpc) is 3.51. The van der Waals surface area contributed by atoms with Crippen LogP contribution in [0.5, 0.6) is 0 Å². The van der Waals surface area contributed by atoms with E-state index in [2.05, 4.69) is 33.4 Å². The molecule has 8 rings (SSSR count). The van der Waals surface area contributed by atoms with Gasteiger partial charge < -0.3 is 8.98 Å². The third kappa shape index (κ3) is 2.79. The summed E-state index contributed by atoms with van der Waals surface area (Å²) in [7, 11) is 0. The van der Waals surface area contributed by atoms with Gasteiger partial charge in [-0.2, -0.15) is 4.98 Å². The summed E-state index contributed by atoms with van der Waals surface area (Å²) in [6.07, 6.45) is 0. The molecule has 174 valence electrons. The second-order valence-corrected chi connectivity index (χ2v) is 9.22. The molecule has 5 heteroatoms. The molecule has 0 fully saturated rings. The summed E-state index contributed by atoms with van der Waals surface area (Å²) >= 11 is 0. The number of hydrogen-bond acceptors (Lipinski definition) is 3. The van der Waals surface area contributed by atoms with Crippen LogP contribution >= 0.6 is 0 Å². The highest BCUT2D eigenvalue weighted by molar-refractivity contribution is 6.09. The number of oxazole rings is 1. The van der Waals surface area contributed by atoms with E-state index >= 15 is 0 Å². The van der Waals surface area contributed by atoms with E-state index in [1.165, 1.54) is 0 Å². The highest BCUT2D eigenvalue weighted by Gasteiger charge is 2.19. The van der Waals surface area contributed by atoms with E-state index in [0.717, 1.165) is 38.5 Å². The van der Waals surface area contributed by atoms with E-state index in [-0.39, 0.29) is 5.43 Å². The molecule has 0 unspecified atom stereocenters. The van der Waals surface area contributed by atoms with Crippen LogP contribution in [0.15, 0.2) is 124 Å². The third-order valence-corrected chi connectivity index (χ3v) is 7.16. The molecule has 8 aromatic rings. The Morgan fingerprint density at radius 1 is 0.541 bits per heavy atom. The first-order valence-electron chi connectivity index (χ1n) is 12.2. The Morgan fingerprint density at radius 3 is 1.78 bits per heavy atom. The van der Waals surface area contributed by atoms with Gasteiger partial charge in [0.05, 0.1) is 27.5 Å². The minimum Gasteiger partial charge on any atom is -0.423 e. The molecule has 0 atom stereocenters. The van der Waals surface area contributed by atoms with Crippen molar-refractivity contribution in [3.63, 3.8) is 0 Å². The average molecular weight is 478 g/mol. The number of fused-ring (bicyclic) bond motifs is 6. The Morgan fingerprint density at radius 2 is 1.11 bits per heavy atom. The zero-order chi connectivity index (χ0) is 24.5. The summed E-state index contributed by atoms with van der Waals surface area (Å²) < 4.78 is 10.5. The Kier molecular flexibility index (Phi) is 4.03. The highest BCUT2D eigenvalue weighted by atomic mass is 16.4. The first kappa shape index (κ1) is 20.1. The first-order valence-corrected chi connectivity index (χ1v) is 12.2. The quantitative estimate of drug-likeness (QED) is 0.244. The Labute approximate surface area is 210 Å². The van der Waals surface area contributed by atoms with Crippen LogP contribution in [0.3, 0.4) is 0 Å². The van der Waals surface area contributed by atoms with Crippen molar-refractivity contribution < 1.29 is 4.42 Å². The van der Waals surface area contributed by atoms with Crippen molar-refractivity contribution in [2.75, 3.05) is 0 Å². The minimum atomic E-state index is -0.0190. The lowest BCUT2D eigenvalue weighted by atomic mass is 10.1. The SMILES string of the molecule is O=c1c2ccccc2n(-c2ccccc2)c2cc3nc(-n4c5ccccc5c5ccccc54)oc3cc12. The summed E-state index contributed by atoms with van der Waals surface area (Å²) in [6, 6.07) is 38.6. The summed E-state index contributed by atoms with van der Waals surface area (Å²) in [5, 5.41) is 3.54. The van der Waals surface area contributed by atoms with Gasteiger partial charge >= 0.3 is 6.01 Å². The lowest BCUT2D eigenvalue weighted by Gasteiger charge is -2.15. The number of nitrogens with zero attached hydrogens (tertiary/aromatic N) is 3. The van der Waals surface area contributed by atoms with Crippen LogP contribution in [-0.2, 0) is 0 Å². The molecule has 37 heavy (non-hydrogen) atoms. The molecule has 5 aromatic carbocycles. The van der Waals surface area contributed by atoms with Gasteiger partial charge in [-0.25, -0.2) is 0 Å². The predicted molar refractivity (Wildman–Crippen MR) is 149 cm³/mol. The lowest BCUT2D eigenvalue weighted by molar-refractivity contribution is 0.574. The molecule has 0 aliphatic rings. The second kappa shape index (κ2) is 7.42. The van der Waals surface area contributed by atoms with Crippen LogP contribution in [0, 0.1) is 0 Å². The molecule has 0 spiro atoms. The fourth-order valence-corrected chi connectivity index (χ4v) is 5.53.